The maximum atomic E-state index is 12.6. The molecule has 0 amide bonds. The zero-order valence-corrected chi connectivity index (χ0v) is 9.91. The lowest BCUT2D eigenvalue weighted by atomic mass is 9.99. The second kappa shape index (κ2) is 5.29. The van der Waals surface area contributed by atoms with E-state index in [9.17, 15) is 18.0 Å². The summed E-state index contributed by atoms with van der Waals surface area (Å²) in [5.41, 5.74) is -0.550. The lowest BCUT2D eigenvalue weighted by Gasteiger charge is -2.13. The van der Waals surface area contributed by atoms with Gasteiger partial charge in [-0.25, -0.2) is 0 Å². The Morgan fingerprint density at radius 3 is 2.44 bits per heavy atom. The molecule has 1 N–H and O–H groups in total. The smallest absolute Gasteiger partial charge is 0.416 e. The molecule has 0 aliphatic carbocycles. The molecule has 0 aliphatic heterocycles. The van der Waals surface area contributed by atoms with Gasteiger partial charge in [-0.3, -0.25) is 4.79 Å². The summed E-state index contributed by atoms with van der Waals surface area (Å²) in [6.07, 6.45) is -4.45. The third kappa shape index (κ3) is 3.65. The van der Waals surface area contributed by atoms with Gasteiger partial charge in [0.1, 0.15) is 5.75 Å². The van der Waals surface area contributed by atoms with Crippen LogP contribution in [0, 0.1) is 5.92 Å². The molecule has 6 heteroatoms. The van der Waals surface area contributed by atoms with Gasteiger partial charge in [0, 0.05) is 0 Å². The van der Waals surface area contributed by atoms with Crippen molar-refractivity contribution in [1.82, 2.24) is 0 Å². The Morgan fingerprint density at radius 2 is 2.00 bits per heavy atom. The molecule has 0 heterocycles. The fraction of sp³-hybridized carbons (Fsp3) is 0.417. The predicted octanol–water partition coefficient (Wildman–Crippen LogP) is 2.98. The van der Waals surface area contributed by atoms with E-state index in [0.717, 1.165) is 12.1 Å². The standard InChI is InChI=1S/C12H13F3O3/c1-7(11(16)17)3-8-4-9(12(13,14)15)6-10(5-8)18-2/h4-7H,3H2,1-2H3,(H,16,17). The Labute approximate surface area is 102 Å². The lowest BCUT2D eigenvalue weighted by molar-refractivity contribution is -0.141. The first-order valence-electron chi connectivity index (χ1n) is 5.22. The van der Waals surface area contributed by atoms with Gasteiger partial charge in [0.05, 0.1) is 18.6 Å². The lowest BCUT2D eigenvalue weighted by Crippen LogP contribution is -2.13. The Bertz CT molecular complexity index is 441. The maximum Gasteiger partial charge on any atom is 0.416 e. The highest BCUT2D eigenvalue weighted by molar-refractivity contribution is 5.69. The number of methoxy groups -OCH3 is 1. The van der Waals surface area contributed by atoms with Gasteiger partial charge in [-0.2, -0.15) is 13.2 Å². The Kier molecular flexibility index (Phi) is 4.21. The SMILES string of the molecule is COc1cc(CC(C)C(=O)O)cc(C(F)(F)F)c1. The monoisotopic (exact) mass is 262 g/mol. The zero-order valence-electron chi connectivity index (χ0n) is 9.91. The minimum absolute atomic E-state index is 0.0234. The summed E-state index contributed by atoms with van der Waals surface area (Å²) in [4.78, 5) is 10.7. The molecule has 0 fully saturated rings. The van der Waals surface area contributed by atoms with E-state index in [2.05, 4.69) is 0 Å². The van der Waals surface area contributed by atoms with E-state index in [1.807, 2.05) is 0 Å². The molecule has 1 aromatic carbocycles. The first-order valence-corrected chi connectivity index (χ1v) is 5.22. The van der Waals surface area contributed by atoms with Crippen LogP contribution >= 0.6 is 0 Å². The van der Waals surface area contributed by atoms with Crippen LogP contribution in [0.15, 0.2) is 18.2 Å². The predicted molar refractivity (Wildman–Crippen MR) is 58.5 cm³/mol. The molecule has 3 nitrogen and oxygen atoms in total. The van der Waals surface area contributed by atoms with Gasteiger partial charge in [-0.1, -0.05) is 6.92 Å². The molecule has 0 saturated heterocycles. The number of hydrogen-bond acceptors (Lipinski definition) is 2. The summed E-state index contributed by atoms with van der Waals surface area (Å²) >= 11 is 0. The molecule has 0 aliphatic rings. The minimum atomic E-state index is -4.48. The number of halogens is 3. The molecule has 1 rings (SSSR count). The molecule has 100 valence electrons. The van der Waals surface area contributed by atoms with Gasteiger partial charge in [-0.15, -0.1) is 0 Å². The van der Waals surface area contributed by atoms with Gasteiger partial charge < -0.3 is 9.84 Å². The van der Waals surface area contributed by atoms with Crippen LogP contribution in [-0.2, 0) is 17.4 Å². The van der Waals surface area contributed by atoms with Gasteiger partial charge in [0.15, 0.2) is 0 Å². The topological polar surface area (TPSA) is 46.5 Å². The van der Waals surface area contributed by atoms with Crippen LogP contribution < -0.4 is 4.74 Å². The molecular weight excluding hydrogens is 249 g/mol. The number of benzene rings is 1. The van der Waals surface area contributed by atoms with Crippen molar-refractivity contribution < 1.29 is 27.8 Å². The number of hydrogen-bond donors (Lipinski definition) is 1. The van der Waals surface area contributed by atoms with E-state index in [1.165, 1.54) is 20.1 Å². The molecule has 0 aromatic heterocycles. The van der Waals surface area contributed by atoms with Crippen LogP contribution in [0.4, 0.5) is 13.2 Å². The highest BCUT2D eigenvalue weighted by Crippen LogP contribution is 2.33. The van der Waals surface area contributed by atoms with Gasteiger partial charge in [-0.05, 0) is 30.2 Å². The van der Waals surface area contributed by atoms with Gasteiger partial charge in [0.2, 0.25) is 0 Å². The number of carboxylic acids is 1. The van der Waals surface area contributed by atoms with Crippen molar-refractivity contribution in [3.8, 4) is 5.75 Å². The van der Waals surface area contributed by atoms with E-state index in [0.29, 0.717) is 0 Å². The van der Waals surface area contributed by atoms with Crippen molar-refractivity contribution in [2.75, 3.05) is 7.11 Å². The van der Waals surface area contributed by atoms with E-state index in [1.54, 1.807) is 0 Å². The van der Waals surface area contributed by atoms with Gasteiger partial charge in [0.25, 0.3) is 0 Å². The normalized spacial score (nSPS) is 13.2. The van der Waals surface area contributed by atoms with Crippen LogP contribution in [0.25, 0.3) is 0 Å². The number of carboxylic acid groups (broad SMARTS) is 1. The van der Waals surface area contributed by atoms with E-state index >= 15 is 0 Å². The number of rotatable bonds is 4. The fourth-order valence-electron chi connectivity index (χ4n) is 1.50. The van der Waals surface area contributed by atoms with Crippen LogP contribution in [0.5, 0.6) is 5.75 Å². The van der Waals surface area contributed by atoms with Crippen molar-refractivity contribution >= 4 is 5.97 Å². The van der Waals surface area contributed by atoms with Crippen LogP contribution in [-0.4, -0.2) is 18.2 Å². The van der Waals surface area contributed by atoms with Crippen LogP contribution in [0.1, 0.15) is 18.1 Å². The summed E-state index contributed by atoms with van der Waals surface area (Å²) in [5.74, 6) is -1.73. The van der Waals surface area contributed by atoms with E-state index in [4.69, 9.17) is 9.84 Å². The van der Waals surface area contributed by atoms with E-state index < -0.39 is 23.6 Å². The average molecular weight is 262 g/mol. The van der Waals surface area contributed by atoms with Gasteiger partial charge >= 0.3 is 12.1 Å². The molecule has 0 bridgehead atoms. The van der Waals surface area contributed by atoms with Crippen molar-refractivity contribution in [1.29, 1.82) is 0 Å². The second-order valence-corrected chi connectivity index (χ2v) is 4.01. The summed E-state index contributed by atoms with van der Waals surface area (Å²) in [7, 11) is 1.26. The molecular formula is C12H13F3O3. The van der Waals surface area contributed by atoms with Crippen molar-refractivity contribution in [3.05, 3.63) is 29.3 Å². The molecule has 0 radical (unpaired) electrons. The highest BCUT2D eigenvalue weighted by atomic mass is 19.4. The number of carbonyl (C=O) groups is 1. The number of alkyl halides is 3. The largest absolute Gasteiger partial charge is 0.497 e. The highest BCUT2D eigenvalue weighted by Gasteiger charge is 2.31. The first kappa shape index (κ1) is 14.3. The molecule has 0 spiro atoms. The van der Waals surface area contributed by atoms with E-state index in [-0.39, 0.29) is 17.7 Å². The van der Waals surface area contributed by atoms with Crippen LogP contribution in [0.3, 0.4) is 0 Å². The molecule has 1 unspecified atom stereocenters. The van der Waals surface area contributed by atoms with Crippen molar-refractivity contribution in [3.63, 3.8) is 0 Å². The third-order valence-electron chi connectivity index (χ3n) is 2.49. The Hall–Kier alpha value is -1.72. The quantitative estimate of drug-likeness (QED) is 0.907. The average Bonchev–Trinajstić information content (AvgIpc) is 2.27. The minimum Gasteiger partial charge on any atom is -0.497 e. The summed E-state index contributed by atoms with van der Waals surface area (Å²) in [5, 5.41) is 8.75. The fourth-order valence-corrected chi connectivity index (χ4v) is 1.50. The molecule has 1 atom stereocenters. The molecule has 18 heavy (non-hydrogen) atoms. The van der Waals surface area contributed by atoms with Crippen molar-refractivity contribution in [2.45, 2.75) is 19.5 Å². The summed E-state index contributed by atoms with van der Waals surface area (Å²) in [6, 6.07) is 3.24. The second-order valence-electron chi connectivity index (χ2n) is 4.01. The third-order valence-corrected chi connectivity index (χ3v) is 2.49. The van der Waals surface area contributed by atoms with Crippen molar-refractivity contribution in [2.24, 2.45) is 5.92 Å². The maximum absolute atomic E-state index is 12.6. The first-order chi connectivity index (χ1) is 8.24. The number of ether oxygens (including phenoxy) is 1. The Morgan fingerprint density at radius 1 is 1.39 bits per heavy atom. The zero-order chi connectivity index (χ0) is 13.9. The summed E-state index contributed by atoms with van der Waals surface area (Å²) in [6.45, 7) is 1.44. The number of aliphatic carboxylic acids is 1. The molecule has 0 saturated carbocycles. The van der Waals surface area contributed by atoms with Crippen LogP contribution in [0.2, 0.25) is 0 Å². The molecule has 1 aromatic rings. The summed E-state index contributed by atoms with van der Waals surface area (Å²) < 4.78 is 42.6. The Balaban J connectivity index is 3.09.